The number of hydrogen-bond donors (Lipinski definition) is 2. The number of aliphatic hydroxyl groups excluding tert-OH is 1. The summed E-state index contributed by atoms with van der Waals surface area (Å²) in [5.41, 5.74) is 0.00948. The number of aliphatic hydroxyl groups is 1. The predicted molar refractivity (Wildman–Crippen MR) is 106 cm³/mol. The van der Waals surface area contributed by atoms with Crippen LogP contribution >= 0.6 is 0 Å². The van der Waals surface area contributed by atoms with Gasteiger partial charge >= 0.3 is 6.18 Å². The van der Waals surface area contributed by atoms with Gasteiger partial charge in [0.05, 0.1) is 29.7 Å². The maximum Gasteiger partial charge on any atom is 0.416 e. The molecule has 3 heterocycles. The third-order valence-electron chi connectivity index (χ3n) is 5.28. The number of halogens is 3. The van der Waals surface area contributed by atoms with Gasteiger partial charge in [-0.05, 0) is 30.2 Å². The molecular formula is C21H20F3N3O3. The van der Waals surface area contributed by atoms with Crippen molar-refractivity contribution in [2.45, 2.75) is 24.7 Å². The summed E-state index contributed by atoms with van der Waals surface area (Å²) in [4.78, 5) is 17.3. The van der Waals surface area contributed by atoms with Gasteiger partial charge in [0.15, 0.2) is 0 Å². The van der Waals surface area contributed by atoms with Gasteiger partial charge in [-0.25, -0.2) is 4.98 Å². The van der Waals surface area contributed by atoms with E-state index in [9.17, 15) is 23.1 Å². The van der Waals surface area contributed by atoms with Gasteiger partial charge in [0.2, 0.25) is 0 Å². The van der Waals surface area contributed by atoms with E-state index in [1.165, 1.54) is 22.9 Å². The van der Waals surface area contributed by atoms with E-state index >= 15 is 0 Å². The zero-order valence-corrected chi connectivity index (χ0v) is 16.1. The lowest BCUT2D eigenvalue weighted by atomic mass is 9.99. The van der Waals surface area contributed by atoms with Gasteiger partial charge < -0.3 is 19.7 Å². The number of anilines is 1. The average molecular weight is 419 g/mol. The first-order valence-electron chi connectivity index (χ1n) is 9.44. The van der Waals surface area contributed by atoms with Crippen molar-refractivity contribution in [2.24, 2.45) is 7.05 Å². The summed E-state index contributed by atoms with van der Waals surface area (Å²) in [6, 6.07) is 6.04. The number of benzene rings is 1. The number of nitrogens with zero attached hydrogens (tertiary/aromatic N) is 2. The van der Waals surface area contributed by atoms with Crippen LogP contribution in [0.2, 0.25) is 0 Å². The smallest absolute Gasteiger partial charge is 0.391 e. The Kier molecular flexibility index (Phi) is 5.25. The van der Waals surface area contributed by atoms with Crippen molar-refractivity contribution in [3.63, 3.8) is 0 Å². The van der Waals surface area contributed by atoms with Crippen LogP contribution in [-0.2, 0) is 18.0 Å². The molecule has 158 valence electrons. The summed E-state index contributed by atoms with van der Waals surface area (Å²) < 4.78 is 45.5. The summed E-state index contributed by atoms with van der Waals surface area (Å²) in [5, 5.41) is 14.2. The quantitative estimate of drug-likeness (QED) is 0.682. The monoisotopic (exact) mass is 419 g/mol. The highest BCUT2D eigenvalue weighted by molar-refractivity contribution is 6.01. The second-order valence-electron chi connectivity index (χ2n) is 7.30. The first-order chi connectivity index (χ1) is 14.3. The van der Waals surface area contributed by atoms with Gasteiger partial charge in [0, 0.05) is 37.0 Å². The maximum absolute atomic E-state index is 12.9. The summed E-state index contributed by atoms with van der Waals surface area (Å²) in [6.07, 6.45) is -1.48. The van der Waals surface area contributed by atoms with Gasteiger partial charge in [-0.3, -0.25) is 4.79 Å². The third kappa shape index (κ3) is 3.78. The van der Waals surface area contributed by atoms with Crippen molar-refractivity contribution in [3.05, 3.63) is 58.6 Å². The molecule has 2 aromatic heterocycles. The Balaban J connectivity index is 1.81. The number of nitrogens with one attached hydrogen (secondary N) is 1. The third-order valence-corrected chi connectivity index (χ3v) is 5.28. The fraction of sp³-hybridized carbons (Fsp3) is 0.333. The summed E-state index contributed by atoms with van der Waals surface area (Å²) in [7, 11) is 1.61. The lowest BCUT2D eigenvalue weighted by Gasteiger charge is -2.29. The molecule has 1 aromatic carbocycles. The van der Waals surface area contributed by atoms with Gasteiger partial charge in [0.25, 0.3) is 5.56 Å². The van der Waals surface area contributed by atoms with Crippen molar-refractivity contribution in [3.8, 4) is 11.1 Å². The van der Waals surface area contributed by atoms with Crippen molar-refractivity contribution >= 4 is 16.6 Å². The summed E-state index contributed by atoms with van der Waals surface area (Å²) in [6.45, 7) is 0.736. The number of rotatable bonds is 3. The summed E-state index contributed by atoms with van der Waals surface area (Å²) >= 11 is 0. The molecule has 4 rings (SSSR count). The van der Waals surface area contributed by atoms with Gasteiger partial charge in [-0.2, -0.15) is 13.2 Å². The van der Waals surface area contributed by atoms with E-state index in [2.05, 4.69) is 10.3 Å². The Bertz CT molecular complexity index is 1130. The van der Waals surface area contributed by atoms with E-state index in [-0.39, 0.29) is 12.2 Å². The molecule has 30 heavy (non-hydrogen) atoms. The first-order valence-corrected chi connectivity index (χ1v) is 9.44. The van der Waals surface area contributed by atoms with Crippen LogP contribution in [0.5, 0.6) is 0 Å². The van der Waals surface area contributed by atoms with Crippen LogP contribution in [0.3, 0.4) is 0 Å². The van der Waals surface area contributed by atoms with E-state index in [0.29, 0.717) is 40.7 Å². The highest BCUT2D eigenvalue weighted by atomic mass is 19.4. The largest absolute Gasteiger partial charge is 0.416 e. The molecule has 2 atom stereocenters. The molecule has 1 fully saturated rings. The second-order valence-corrected chi connectivity index (χ2v) is 7.30. The zero-order valence-electron chi connectivity index (χ0n) is 16.1. The van der Waals surface area contributed by atoms with Crippen LogP contribution < -0.4 is 10.9 Å². The number of aryl methyl sites for hydroxylation is 1. The maximum atomic E-state index is 12.9. The molecule has 0 aliphatic carbocycles. The van der Waals surface area contributed by atoms with Crippen LogP contribution in [-0.4, -0.2) is 40.0 Å². The molecular weight excluding hydrogens is 399 g/mol. The number of ether oxygens (including phenoxy) is 1. The first kappa shape index (κ1) is 20.4. The normalized spacial score (nSPS) is 19.8. The van der Waals surface area contributed by atoms with Crippen LogP contribution in [0, 0.1) is 0 Å². The standard InChI is InChI=1S/C21H20F3N3O3/c1-27-8-6-14-15(12-2-4-13(5-3-12)21(22,23)24)10-25-19(18(14)20(27)29)26-16-11-30-9-7-17(16)28/h2-6,8,10,16-17,28H,7,9,11H2,1H3,(H,25,26)/t16-,17-/m1/s1. The lowest BCUT2D eigenvalue weighted by molar-refractivity contribution is -0.137. The van der Waals surface area contributed by atoms with Crippen LogP contribution in [0.15, 0.2) is 47.5 Å². The molecule has 3 aromatic rings. The van der Waals surface area contributed by atoms with E-state index in [0.717, 1.165) is 12.1 Å². The average Bonchev–Trinajstić information content (AvgIpc) is 2.72. The Labute approximate surface area is 169 Å². The molecule has 0 unspecified atom stereocenters. The zero-order chi connectivity index (χ0) is 21.5. The van der Waals surface area contributed by atoms with Gasteiger partial charge in [-0.1, -0.05) is 12.1 Å². The number of fused-ring (bicyclic) bond motifs is 1. The molecule has 0 radical (unpaired) electrons. The molecule has 0 amide bonds. The molecule has 2 N–H and O–H groups in total. The Morgan fingerprint density at radius 1 is 1.23 bits per heavy atom. The van der Waals surface area contributed by atoms with Crippen LogP contribution in [0.1, 0.15) is 12.0 Å². The molecule has 6 nitrogen and oxygen atoms in total. The fourth-order valence-electron chi connectivity index (χ4n) is 3.56. The van der Waals surface area contributed by atoms with E-state index in [1.807, 2.05) is 0 Å². The SMILES string of the molecule is Cn1ccc2c(-c3ccc(C(F)(F)F)cc3)cnc(N[C@@H]3COCC[C@H]3O)c2c1=O. The second kappa shape index (κ2) is 7.73. The van der Waals surface area contributed by atoms with E-state index < -0.39 is 23.9 Å². The van der Waals surface area contributed by atoms with Crippen LogP contribution in [0.25, 0.3) is 21.9 Å². The van der Waals surface area contributed by atoms with E-state index in [1.54, 1.807) is 19.3 Å². The van der Waals surface area contributed by atoms with Crippen LogP contribution in [0.4, 0.5) is 19.0 Å². The van der Waals surface area contributed by atoms with Crippen molar-refractivity contribution < 1.29 is 23.0 Å². The van der Waals surface area contributed by atoms with Crippen molar-refractivity contribution in [1.29, 1.82) is 0 Å². The molecule has 1 saturated heterocycles. The lowest BCUT2D eigenvalue weighted by Crippen LogP contribution is -2.42. The fourth-order valence-corrected chi connectivity index (χ4v) is 3.56. The number of alkyl halides is 3. The number of pyridine rings is 2. The highest BCUT2D eigenvalue weighted by Gasteiger charge is 2.30. The molecule has 9 heteroatoms. The number of hydrogen-bond acceptors (Lipinski definition) is 5. The minimum Gasteiger partial charge on any atom is -0.391 e. The molecule has 1 aliphatic rings. The molecule has 1 aliphatic heterocycles. The molecule has 0 bridgehead atoms. The Morgan fingerprint density at radius 3 is 2.63 bits per heavy atom. The molecule has 0 saturated carbocycles. The summed E-state index contributed by atoms with van der Waals surface area (Å²) in [5.74, 6) is 0.302. The number of aromatic nitrogens is 2. The Hall–Kier alpha value is -2.91. The Morgan fingerprint density at radius 2 is 1.97 bits per heavy atom. The van der Waals surface area contributed by atoms with Gasteiger partial charge in [-0.15, -0.1) is 0 Å². The van der Waals surface area contributed by atoms with Crippen molar-refractivity contribution in [1.82, 2.24) is 9.55 Å². The topological polar surface area (TPSA) is 76.4 Å². The highest BCUT2D eigenvalue weighted by Crippen LogP contribution is 2.34. The van der Waals surface area contributed by atoms with Crippen molar-refractivity contribution in [2.75, 3.05) is 18.5 Å². The van der Waals surface area contributed by atoms with E-state index in [4.69, 9.17) is 4.74 Å². The minimum atomic E-state index is -4.43. The minimum absolute atomic E-state index is 0.276. The predicted octanol–water partition coefficient (Wildman–Crippen LogP) is 3.18. The molecule has 0 spiro atoms. The van der Waals surface area contributed by atoms with Gasteiger partial charge in [0.1, 0.15) is 5.82 Å².